The van der Waals surface area contributed by atoms with Crippen LogP contribution in [0.3, 0.4) is 0 Å². The van der Waals surface area contributed by atoms with Crippen LogP contribution in [-0.4, -0.2) is 41.5 Å². The highest BCUT2D eigenvalue weighted by atomic mass is 16.5. The van der Waals surface area contributed by atoms with E-state index in [1.165, 1.54) is 6.33 Å². The van der Waals surface area contributed by atoms with Crippen molar-refractivity contribution in [2.45, 2.75) is 26.7 Å². The second-order valence-corrected chi connectivity index (χ2v) is 6.94. The number of carbonyl (C=O) groups is 2. The van der Waals surface area contributed by atoms with Gasteiger partial charge in [-0.1, -0.05) is 17.7 Å². The molecule has 4 N–H and O–H groups in total. The fraction of sp³-hybridized carbons (Fsp3) is 0.400. The Labute approximate surface area is 169 Å². The minimum Gasteiger partial charge on any atom is -0.466 e. The molecule has 0 radical (unpaired) electrons. The topological polar surface area (TPSA) is 122 Å². The minimum atomic E-state index is -0.301. The van der Waals surface area contributed by atoms with Crippen molar-refractivity contribution in [3.8, 4) is 0 Å². The molecule has 0 aliphatic carbocycles. The first kappa shape index (κ1) is 20.4. The molecule has 2 aromatic rings. The molecule has 9 heteroatoms. The number of nitrogen functional groups attached to an aromatic ring is 1. The Balaban J connectivity index is 1.68. The van der Waals surface area contributed by atoms with Gasteiger partial charge in [-0.2, -0.15) is 0 Å². The van der Waals surface area contributed by atoms with Crippen LogP contribution < -0.4 is 21.5 Å². The molecule has 1 atom stereocenters. The molecule has 1 aromatic carbocycles. The number of hydrogen-bond acceptors (Lipinski definition) is 8. The zero-order valence-electron chi connectivity index (χ0n) is 16.6. The van der Waals surface area contributed by atoms with Crippen molar-refractivity contribution >= 4 is 29.2 Å². The second-order valence-electron chi connectivity index (χ2n) is 6.94. The molecule has 0 bridgehead atoms. The molecule has 2 heterocycles. The summed E-state index contributed by atoms with van der Waals surface area (Å²) in [4.78, 5) is 34.7. The Bertz CT molecular complexity index is 871. The summed E-state index contributed by atoms with van der Waals surface area (Å²) < 4.78 is 5.14. The maximum atomic E-state index is 12.3. The summed E-state index contributed by atoms with van der Waals surface area (Å²) in [7, 11) is 0. The second kappa shape index (κ2) is 9.22. The average molecular weight is 398 g/mol. The summed E-state index contributed by atoms with van der Waals surface area (Å²) in [6.07, 6.45) is 2.98. The molecule has 1 aliphatic heterocycles. The number of nitrogens with zero attached hydrogens (tertiary/aromatic N) is 3. The SMILES string of the molecule is CCOC(=O)C1CCCN(c2ncnc(NNC(=O)c3ccc(C)cc3)c2N)C1. The number of aromatic nitrogens is 2. The lowest BCUT2D eigenvalue weighted by molar-refractivity contribution is -0.148. The summed E-state index contributed by atoms with van der Waals surface area (Å²) in [5, 5.41) is 0. The number of amides is 1. The fourth-order valence-corrected chi connectivity index (χ4v) is 3.25. The van der Waals surface area contributed by atoms with Crippen LogP contribution in [0, 0.1) is 12.8 Å². The lowest BCUT2D eigenvalue weighted by atomic mass is 9.98. The first-order chi connectivity index (χ1) is 14.0. The molecule has 9 nitrogen and oxygen atoms in total. The monoisotopic (exact) mass is 398 g/mol. The third-order valence-electron chi connectivity index (χ3n) is 4.81. The number of benzene rings is 1. The number of hydrazine groups is 1. The maximum Gasteiger partial charge on any atom is 0.310 e. The van der Waals surface area contributed by atoms with Crippen molar-refractivity contribution in [1.29, 1.82) is 0 Å². The van der Waals surface area contributed by atoms with E-state index in [1.54, 1.807) is 19.1 Å². The number of anilines is 3. The van der Waals surface area contributed by atoms with Gasteiger partial charge in [0, 0.05) is 18.7 Å². The summed E-state index contributed by atoms with van der Waals surface area (Å²) in [6, 6.07) is 7.21. The summed E-state index contributed by atoms with van der Waals surface area (Å²) in [6.45, 7) is 5.32. The van der Waals surface area contributed by atoms with E-state index in [0.717, 1.165) is 24.9 Å². The van der Waals surface area contributed by atoms with Gasteiger partial charge in [0.25, 0.3) is 5.91 Å². The Morgan fingerprint density at radius 1 is 1.28 bits per heavy atom. The highest BCUT2D eigenvalue weighted by molar-refractivity contribution is 5.95. The standard InChI is InChI=1S/C20H26N6O3/c1-3-29-20(28)15-5-4-10-26(11-15)18-16(21)17(22-12-23-18)24-25-19(27)14-8-6-13(2)7-9-14/h6-9,12,15H,3-5,10-11,21H2,1-2H3,(H,25,27)(H,22,23,24). The van der Waals surface area contributed by atoms with Crippen LogP contribution in [0.15, 0.2) is 30.6 Å². The average Bonchev–Trinajstić information content (AvgIpc) is 2.73. The Kier molecular flexibility index (Phi) is 6.48. The van der Waals surface area contributed by atoms with E-state index in [1.807, 2.05) is 24.0 Å². The molecule has 1 aliphatic rings. The Morgan fingerprint density at radius 3 is 2.76 bits per heavy atom. The van der Waals surface area contributed by atoms with Gasteiger partial charge in [0.15, 0.2) is 11.6 Å². The fourth-order valence-electron chi connectivity index (χ4n) is 3.25. The van der Waals surface area contributed by atoms with Gasteiger partial charge in [-0.15, -0.1) is 0 Å². The van der Waals surface area contributed by atoms with Gasteiger partial charge in [0.05, 0.1) is 12.5 Å². The van der Waals surface area contributed by atoms with Gasteiger partial charge in [-0.25, -0.2) is 9.97 Å². The van der Waals surface area contributed by atoms with Crippen molar-refractivity contribution in [3.63, 3.8) is 0 Å². The van der Waals surface area contributed by atoms with Crippen LogP contribution in [0.5, 0.6) is 0 Å². The number of esters is 1. The molecular weight excluding hydrogens is 372 g/mol. The molecule has 1 amide bonds. The smallest absolute Gasteiger partial charge is 0.310 e. The van der Waals surface area contributed by atoms with E-state index in [4.69, 9.17) is 10.5 Å². The minimum absolute atomic E-state index is 0.200. The molecule has 0 saturated carbocycles. The highest BCUT2D eigenvalue weighted by Crippen LogP contribution is 2.29. The van der Waals surface area contributed by atoms with Crippen LogP contribution in [0.1, 0.15) is 35.7 Å². The van der Waals surface area contributed by atoms with Crippen molar-refractivity contribution in [2.24, 2.45) is 5.92 Å². The van der Waals surface area contributed by atoms with E-state index in [0.29, 0.717) is 36.0 Å². The largest absolute Gasteiger partial charge is 0.466 e. The summed E-state index contributed by atoms with van der Waals surface area (Å²) >= 11 is 0. The molecule has 1 unspecified atom stereocenters. The van der Waals surface area contributed by atoms with Crippen molar-refractivity contribution in [2.75, 3.05) is 35.8 Å². The van der Waals surface area contributed by atoms with Crippen LogP contribution in [-0.2, 0) is 9.53 Å². The predicted octanol–water partition coefficient (Wildman–Crippen LogP) is 1.90. The number of piperidine rings is 1. The molecule has 3 rings (SSSR count). The van der Waals surface area contributed by atoms with E-state index in [9.17, 15) is 9.59 Å². The van der Waals surface area contributed by atoms with Gasteiger partial charge in [-0.3, -0.25) is 20.4 Å². The zero-order chi connectivity index (χ0) is 20.8. The van der Waals surface area contributed by atoms with Gasteiger partial charge in [0.2, 0.25) is 0 Å². The molecular formula is C20H26N6O3. The van der Waals surface area contributed by atoms with Gasteiger partial charge in [0.1, 0.15) is 12.0 Å². The quantitative estimate of drug-likeness (QED) is 0.498. The van der Waals surface area contributed by atoms with E-state index >= 15 is 0 Å². The van der Waals surface area contributed by atoms with Crippen molar-refractivity contribution in [3.05, 3.63) is 41.7 Å². The van der Waals surface area contributed by atoms with Crippen LogP contribution in [0.25, 0.3) is 0 Å². The molecule has 1 fully saturated rings. The van der Waals surface area contributed by atoms with Crippen LogP contribution in [0.2, 0.25) is 0 Å². The van der Waals surface area contributed by atoms with E-state index in [-0.39, 0.29) is 17.8 Å². The van der Waals surface area contributed by atoms with Crippen LogP contribution in [0.4, 0.5) is 17.3 Å². The third kappa shape index (κ3) is 4.92. The maximum absolute atomic E-state index is 12.3. The highest BCUT2D eigenvalue weighted by Gasteiger charge is 2.29. The number of rotatable bonds is 6. The number of nitrogens with one attached hydrogen (secondary N) is 2. The first-order valence-corrected chi connectivity index (χ1v) is 9.64. The number of aryl methyl sites for hydroxylation is 1. The molecule has 1 saturated heterocycles. The molecule has 154 valence electrons. The normalized spacial score (nSPS) is 16.2. The van der Waals surface area contributed by atoms with Crippen LogP contribution >= 0.6 is 0 Å². The first-order valence-electron chi connectivity index (χ1n) is 9.64. The van der Waals surface area contributed by atoms with E-state index < -0.39 is 0 Å². The molecule has 0 spiro atoms. The summed E-state index contributed by atoms with van der Waals surface area (Å²) in [5.41, 5.74) is 13.5. The van der Waals surface area contributed by atoms with Crippen molar-refractivity contribution < 1.29 is 14.3 Å². The lowest BCUT2D eigenvalue weighted by Crippen LogP contribution is -2.40. The number of carbonyl (C=O) groups excluding carboxylic acids is 2. The lowest BCUT2D eigenvalue weighted by Gasteiger charge is -2.33. The van der Waals surface area contributed by atoms with Gasteiger partial charge >= 0.3 is 5.97 Å². The Hall–Kier alpha value is -3.36. The Morgan fingerprint density at radius 2 is 2.03 bits per heavy atom. The molecule has 1 aromatic heterocycles. The third-order valence-corrected chi connectivity index (χ3v) is 4.81. The molecule has 29 heavy (non-hydrogen) atoms. The van der Waals surface area contributed by atoms with Gasteiger partial charge < -0.3 is 15.4 Å². The number of hydrogen-bond donors (Lipinski definition) is 3. The zero-order valence-corrected chi connectivity index (χ0v) is 16.6. The summed E-state index contributed by atoms with van der Waals surface area (Å²) in [5.74, 6) is 0.115. The predicted molar refractivity (Wildman–Crippen MR) is 110 cm³/mol. The van der Waals surface area contributed by atoms with Gasteiger partial charge in [-0.05, 0) is 38.8 Å². The number of ether oxygens (including phenoxy) is 1. The van der Waals surface area contributed by atoms with E-state index in [2.05, 4.69) is 20.8 Å². The van der Waals surface area contributed by atoms with Crippen molar-refractivity contribution in [1.82, 2.24) is 15.4 Å². The number of nitrogens with two attached hydrogens (primary N) is 1.